The average molecular weight is 364 g/mol. The van der Waals surface area contributed by atoms with Crippen LogP contribution < -0.4 is 4.90 Å². The number of carbonyl (C=O) groups is 1. The fourth-order valence-corrected chi connectivity index (χ4v) is 4.51. The number of fused-ring (bicyclic) bond motifs is 2. The van der Waals surface area contributed by atoms with Crippen molar-refractivity contribution in [3.63, 3.8) is 0 Å². The maximum Gasteiger partial charge on any atom is 0.226 e. The molecule has 0 aliphatic carbocycles. The van der Waals surface area contributed by atoms with Gasteiger partial charge in [0.1, 0.15) is 11.4 Å². The molecule has 0 aromatic carbocycles. The summed E-state index contributed by atoms with van der Waals surface area (Å²) in [4.78, 5) is 23.9. The maximum absolute atomic E-state index is 12.0. The lowest BCUT2D eigenvalue weighted by molar-refractivity contribution is -0.116. The number of aryl methyl sites for hydroxylation is 1. The van der Waals surface area contributed by atoms with Gasteiger partial charge in [0, 0.05) is 55.7 Å². The molecule has 0 bridgehead atoms. The van der Waals surface area contributed by atoms with Crippen molar-refractivity contribution < 1.29 is 4.79 Å². The van der Waals surface area contributed by atoms with Crippen LogP contribution in [0.15, 0.2) is 36.8 Å². The van der Waals surface area contributed by atoms with E-state index in [0.717, 1.165) is 33.9 Å². The van der Waals surface area contributed by atoms with Gasteiger partial charge in [-0.05, 0) is 18.2 Å². The molecule has 4 aromatic heterocycles. The van der Waals surface area contributed by atoms with Crippen LogP contribution in [0.3, 0.4) is 0 Å². The number of imidazole rings is 1. The maximum atomic E-state index is 12.0. The summed E-state index contributed by atoms with van der Waals surface area (Å²) < 4.78 is 5.07. The van der Waals surface area contributed by atoms with Gasteiger partial charge in [0.15, 0.2) is 0 Å². The van der Waals surface area contributed by atoms with Crippen molar-refractivity contribution in [2.45, 2.75) is 13.5 Å². The molecule has 0 N–H and O–H groups in total. The van der Waals surface area contributed by atoms with Crippen molar-refractivity contribution in [2.24, 2.45) is 7.05 Å². The number of hydrogen-bond donors (Lipinski definition) is 0. The van der Waals surface area contributed by atoms with Gasteiger partial charge in [-0.15, -0.1) is 11.3 Å². The van der Waals surface area contributed by atoms with E-state index in [2.05, 4.69) is 20.7 Å². The van der Waals surface area contributed by atoms with E-state index in [4.69, 9.17) is 4.98 Å². The van der Waals surface area contributed by atoms with E-state index >= 15 is 0 Å². The van der Waals surface area contributed by atoms with E-state index < -0.39 is 0 Å². The van der Waals surface area contributed by atoms with E-state index in [0.29, 0.717) is 12.5 Å². The van der Waals surface area contributed by atoms with Gasteiger partial charge in [-0.25, -0.2) is 4.98 Å². The fraction of sp³-hybridized carbons (Fsp3) is 0.222. The van der Waals surface area contributed by atoms with E-state index in [9.17, 15) is 4.79 Å². The number of aromatic nitrogens is 5. The minimum Gasteiger partial charge on any atom is -0.307 e. The van der Waals surface area contributed by atoms with Gasteiger partial charge in [0.05, 0.1) is 10.6 Å². The van der Waals surface area contributed by atoms with Gasteiger partial charge >= 0.3 is 0 Å². The lowest BCUT2D eigenvalue weighted by atomic mass is 10.2. The molecule has 0 spiro atoms. The van der Waals surface area contributed by atoms with Gasteiger partial charge in [-0.1, -0.05) is 0 Å². The van der Waals surface area contributed by atoms with Crippen molar-refractivity contribution in [1.29, 1.82) is 0 Å². The SMILES string of the molecule is CC(=O)N1CCn2c1nc(-c1ccn(C)n1)c2-c1cc2cnccc2s1. The van der Waals surface area contributed by atoms with E-state index in [-0.39, 0.29) is 5.91 Å². The first-order valence-corrected chi connectivity index (χ1v) is 9.16. The second-order valence-electron chi connectivity index (χ2n) is 6.33. The topological polar surface area (TPSA) is 68.8 Å². The third-order valence-corrected chi connectivity index (χ3v) is 5.75. The molecule has 1 aliphatic rings. The zero-order valence-electron chi connectivity index (χ0n) is 14.4. The van der Waals surface area contributed by atoms with Crippen molar-refractivity contribution in [3.05, 3.63) is 36.8 Å². The normalized spacial score (nSPS) is 13.5. The Morgan fingerprint density at radius 1 is 1.27 bits per heavy atom. The van der Waals surface area contributed by atoms with Crippen molar-refractivity contribution in [2.75, 3.05) is 11.4 Å². The number of nitrogens with zero attached hydrogens (tertiary/aromatic N) is 6. The lowest BCUT2D eigenvalue weighted by Crippen LogP contribution is -2.26. The Labute approximate surface area is 153 Å². The molecule has 26 heavy (non-hydrogen) atoms. The zero-order valence-corrected chi connectivity index (χ0v) is 15.2. The molecule has 8 heteroatoms. The van der Waals surface area contributed by atoms with Crippen LogP contribution in [0, 0.1) is 0 Å². The molecule has 0 saturated carbocycles. The third kappa shape index (κ3) is 2.19. The van der Waals surface area contributed by atoms with E-state index in [1.807, 2.05) is 31.6 Å². The molecule has 7 nitrogen and oxygen atoms in total. The third-order valence-electron chi connectivity index (χ3n) is 4.62. The molecule has 0 unspecified atom stereocenters. The number of hydrogen-bond acceptors (Lipinski definition) is 5. The average Bonchev–Trinajstić information content (AvgIpc) is 3.35. The molecule has 5 heterocycles. The van der Waals surface area contributed by atoms with Gasteiger partial charge in [0.2, 0.25) is 11.9 Å². The summed E-state index contributed by atoms with van der Waals surface area (Å²) in [5, 5.41) is 5.64. The minimum atomic E-state index is 0.00779. The number of thiophene rings is 1. The number of amides is 1. The molecule has 5 rings (SSSR count). The summed E-state index contributed by atoms with van der Waals surface area (Å²) in [6.45, 7) is 2.96. The number of rotatable bonds is 2. The van der Waals surface area contributed by atoms with Gasteiger partial charge < -0.3 is 4.57 Å². The summed E-state index contributed by atoms with van der Waals surface area (Å²) in [7, 11) is 1.89. The summed E-state index contributed by atoms with van der Waals surface area (Å²) in [5.41, 5.74) is 2.64. The highest BCUT2D eigenvalue weighted by Gasteiger charge is 2.31. The van der Waals surface area contributed by atoms with Crippen molar-refractivity contribution in [3.8, 4) is 22.0 Å². The summed E-state index contributed by atoms with van der Waals surface area (Å²) in [6, 6.07) is 6.11. The standard InChI is InChI=1S/C18H16N6OS/c1-11(25)23-7-8-24-17(15-9-12-10-19-5-3-14(12)26-15)16(20-18(23)24)13-4-6-22(2)21-13/h3-6,9-10H,7-8H2,1-2H3. The zero-order chi connectivity index (χ0) is 17.8. The largest absolute Gasteiger partial charge is 0.307 e. The lowest BCUT2D eigenvalue weighted by Gasteiger charge is -2.09. The highest BCUT2D eigenvalue weighted by atomic mass is 32.1. The van der Waals surface area contributed by atoms with Crippen LogP contribution in [0.2, 0.25) is 0 Å². The predicted octanol–water partition coefficient (Wildman–Crippen LogP) is 2.93. The van der Waals surface area contributed by atoms with Crippen LogP contribution in [0.25, 0.3) is 32.0 Å². The molecule has 0 saturated heterocycles. The molecule has 4 aromatic rings. The molecule has 1 amide bonds. The first-order valence-electron chi connectivity index (χ1n) is 8.34. The summed E-state index contributed by atoms with van der Waals surface area (Å²) in [6.07, 6.45) is 5.58. The monoisotopic (exact) mass is 364 g/mol. The Bertz CT molecular complexity index is 1120. The summed E-state index contributed by atoms with van der Waals surface area (Å²) in [5.74, 6) is 0.706. The van der Waals surface area contributed by atoms with Crippen LogP contribution >= 0.6 is 11.3 Å². The van der Waals surface area contributed by atoms with Crippen LogP contribution in [0.4, 0.5) is 5.95 Å². The van der Waals surface area contributed by atoms with E-state index in [1.54, 1.807) is 34.0 Å². The van der Waals surface area contributed by atoms with Gasteiger partial charge in [-0.3, -0.25) is 19.4 Å². The van der Waals surface area contributed by atoms with E-state index in [1.165, 1.54) is 4.70 Å². The van der Waals surface area contributed by atoms with Crippen LogP contribution in [-0.4, -0.2) is 36.8 Å². The number of pyridine rings is 1. The van der Waals surface area contributed by atoms with Crippen LogP contribution in [-0.2, 0) is 18.4 Å². The summed E-state index contributed by atoms with van der Waals surface area (Å²) >= 11 is 1.71. The smallest absolute Gasteiger partial charge is 0.226 e. The molecular weight excluding hydrogens is 348 g/mol. The first kappa shape index (κ1) is 15.3. The molecule has 1 aliphatic heterocycles. The van der Waals surface area contributed by atoms with Crippen LogP contribution in [0.1, 0.15) is 6.92 Å². The van der Waals surface area contributed by atoms with Crippen LogP contribution in [0.5, 0.6) is 0 Å². The predicted molar refractivity (Wildman–Crippen MR) is 101 cm³/mol. The number of anilines is 1. The quantitative estimate of drug-likeness (QED) is 0.548. The number of carbonyl (C=O) groups excluding carboxylic acids is 1. The second kappa shape index (κ2) is 5.50. The van der Waals surface area contributed by atoms with Crippen molar-refractivity contribution >= 4 is 33.3 Å². The Morgan fingerprint density at radius 2 is 2.15 bits per heavy atom. The van der Waals surface area contributed by atoms with Gasteiger partial charge in [-0.2, -0.15) is 5.10 Å². The van der Waals surface area contributed by atoms with Crippen molar-refractivity contribution in [1.82, 2.24) is 24.3 Å². The molecule has 0 fully saturated rings. The highest BCUT2D eigenvalue weighted by Crippen LogP contribution is 2.41. The second-order valence-corrected chi connectivity index (χ2v) is 7.41. The minimum absolute atomic E-state index is 0.00779. The molecule has 130 valence electrons. The molecule has 0 radical (unpaired) electrons. The Morgan fingerprint density at radius 3 is 2.88 bits per heavy atom. The first-order chi connectivity index (χ1) is 12.6. The Kier molecular flexibility index (Phi) is 3.23. The Balaban J connectivity index is 1.77. The molecule has 0 atom stereocenters. The fourth-order valence-electron chi connectivity index (χ4n) is 3.43. The molecular formula is C18H16N6OS. The Hall–Kier alpha value is -3.00. The van der Waals surface area contributed by atoms with Gasteiger partial charge in [0.25, 0.3) is 0 Å². The highest BCUT2D eigenvalue weighted by molar-refractivity contribution is 7.22.